The van der Waals surface area contributed by atoms with Crippen LogP contribution in [0.3, 0.4) is 0 Å². The fourth-order valence-corrected chi connectivity index (χ4v) is 5.30. The summed E-state index contributed by atoms with van der Waals surface area (Å²) >= 11 is 0. The number of nitrogens with zero attached hydrogens (tertiary/aromatic N) is 2. The third-order valence-corrected chi connectivity index (χ3v) is 7.90. The highest BCUT2D eigenvalue weighted by atomic mass is 32.2. The second-order valence-electron chi connectivity index (χ2n) is 10.3. The monoisotopic (exact) mass is 564 g/mol. The SMILES string of the molecule is CC(C)NC(=O)N(C)C[C@@H]1Oc2ccc(NS(=O)(=O)c3ccc(F)cc3)cc2CC(=O)N([C@H](C)CO)C[C@@H]1C. The number of hydrogen-bond acceptors (Lipinski definition) is 6. The van der Waals surface area contributed by atoms with Crippen LogP contribution < -0.4 is 14.8 Å². The molecule has 1 aliphatic rings. The summed E-state index contributed by atoms with van der Waals surface area (Å²) < 4.78 is 47.8. The molecule has 0 spiro atoms. The highest BCUT2D eigenvalue weighted by Crippen LogP contribution is 2.30. The number of nitrogens with one attached hydrogen (secondary N) is 2. The zero-order valence-corrected chi connectivity index (χ0v) is 23.7. The minimum atomic E-state index is -4.01. The summed E-state index contributed by atoms with van der Waals surface area (Å²) in [5, 5.41) is 12.6. The lowest BCUT2D eigenvalue weighted by molar-refractivity contribution is -0.134. The van der Waals surface area contributed by atoms with E-state index < -0.39 is 28.0 Å². The number of rotatable bonds is 8. The topological polar surface area (TPSA) is 128 Å². The minimum Gasteiger partial charge on any atom is -0.488 e. The Morgan fingerprint density at radius 2 is 1.87 bits per heavy atom. The number of ether oxygens (including phenoxy) is 1. The number of aliphatic hydroxyl groups is 1. The number of likely N-dealkylation sites (N-methyl/N-ethyl adjacent to an activating group) is 1. The van der Waals surface area contributed by atoms with Crippen molar-refractivity contribution in [2.75, 3.05) is 31.5 Å². The van der Waals surface area contributed by atoms with Crippen LogP contribution in [0.1, 0.15) is 33.3 Å². The Hall–Kier alpha value is -3.38. The van der Waals surface area contributed by atoms with Gasteiger partial charge in [-0.05, 0) is 63.2 Å². The fraction of sp³-hybridized carbons (Fsp3) is 0.481. The summed E-state index contributed by atoms with van der Waals surface area (Å²) in [5.41, 5.74) is 0.649. The normalized spacial score (nSPS) is 18.8. The van der Waals surface area contributed by atoms with E-state index in [1.807, 2.05) is 20.8 Å². The molecule has 0 saturated heterocycles. The molecule has 3 rings (SSSR count). The van der Waals surface area contributed by atoms with Gasteiger partial charge < -0.3 is 25.0 Å². The van der Waals surface area contributed by atoms with E-state index in [2.05, 4.69) is 10.0 Å². The fourth-order valence-electron chi connectivity index (χ4n) is 4.25. The van der Waals surface area contributed by atoms with Gasteiger partial charge in [0.05, 0.1) is 30.5 Å². The maximum Gasteiger partial charge on any atom is 0.317 e. The highest BCUT2D eigenvalue weighted by molar-refractivity contribution is 7.92. The van der Waals surface area contributed by atoms with Crippen molar-refractivity contribution in [2.45, 2.75) is 57.2 Å². The van der Waals surface area contributed by atoms with E-state index in [1.165, 1.54) is 17.0 Å². The summed E-state index contributed by atoms with van der Waals surface area (Å²) in [6.07, 6.45) is -0.595. The van der Waals surface area contributed by atoms with Crippen molar-refractivity contribution < 1.29 is 32.2 Å². The number of benzene rings is 2. The number of anilines is 1. The van der Waals surface area contributed by atoms with E-state index in [1.54, 1.807) is 24.9 Å². The van der Waals surface area contributed by atoms with E-state index in [4.69, 9.17) is 4.74 Å². The Morgan fingerprint density at radius 3 is 2.49 bits per heavy atom. The third-order valence-electron chi connectivity index (χ3n) is 6.51. The lowest BCUT2D eigenvalue weighted by Crippen LogP contribution is -2.49. The molecule has 12 heteroatoms. The first kappa shape index (κ1) is 30.2. The van der Waals surface area contributed by atoms with Gasteiger partial charge in [0, 0.05) is 36.8 Å². The number of hydrogen-bond donors (Lipinski definition) is 3. The molecule has 1 heterocycles. The Labute approximate surface area is 229 Å². The molecule has 2 aromatic rings. The molecule has 0 bridgehead atoms. The van der Waals surface area contributed by atoms with Crippen LogP contribution in [0.2, 0.25) is 0 Å². The van der Waals surface area contributed by atoms with Gasteiger partial charge in [0.2, 0.25) is 5.91 Å². The largest absolute Gasteiger partial charge is 0.488 e. The number of halogens is 1. The van der Waals surface area contributed by atoms with Gasteiger partial charge in [-0.2, -0.15) is 0 Å². The number of carbonyl (C=O) groups excluding carboxylic acids is 2. The summed E-state index contributed by atoms with van der Waals surface area (Å²) in [4.78, 5) is 28.9. The number of aliphatic hydroxyl groups excluding tert-OH is 1. The van der Waals surface area contributed by atoms with Crippen LogP contribution in [0.4, 0.5) is 14.9 Å². The average molecular weight is 565 g/mol. The Balaban J connectivity index is 1.95. The smallest absolute Gasteiger partial charge is 0.317 e. The van der Waals surface area contributed by atoms with Gasteiger partial charge in [-0.3, -0.25) is 9.52 Å². The molecule has 3 atom stereocenters. The van der Waals surface area contributed by atoms with E-state index in [-0.39, 0.29) is 54.1 Å². The third kappa shape index (κ3) is 7.82. The number of carbonyl (C=O) groups is 2. The van der Waals surface area contributed by atoms with Gasteiger partial charge in [0.1, 0.15) is 17.7 Å². The second-order valence-corrected chi connectivity index (χ2v) is 11.9. The first-order chi connectivity index (χ1) is 18.3. The van der Waals surface area contributed by atoms with Crippen LogP contribution in [0.5, 0.6) is 5.75 Å². The van der Waals surface area contributed by atoms with Gasteiger partial charge in [-0.15, -0.1) is 0 Å². The minimum absolute atomic E-state index is 0.0461. The molecule has 10 nitrogen and oxygen atoms in total. The molecule has 39 heavy (non-hydrogen) atoms. The van der Waals surface area contributed by atoms with Crippen LogP contribution in [-0.4, -0.2) is 80.2 Å². The maximum absolute atomic E-state index is 13.3. The van der Waals surface area contributed by atoms with Gasteiger partial charge in [-0.25, -0.2) is 17.6 Å². The highest BCUT2D eigenvalue weighted by Gasteiger charge is 2.32. The van der Waals surface area contributed by atoms with Crippen LogP contribution in [0.15, 0.2) is 47.4 Å². The van der Waals surface area contributed by atoms with Crippen LogP contribution in [0, 0.1) is 11.7 Å². The molecule has 214 valence electrons. The molecule has 3 amide bonds. The van der Waals surface area contributed by atoms with E-state index in [9.17, 15) is 27.5 Å². The number of sulfonamides is 1. The zero-order valence-electron chi connectivity index (χ0n) is 22.8. The van der Waals surface area contributed by atoms with Crippen molar-refractivity contribution in [1.29, 1.82) is 0 Å². The summed E-state index contributed by atoms with van der Waals surface area (Å²) in [5.74, 6) is -0.626. The van der Waals surface area contributed by atoms with Crippen molar-refractivity contribution in [3.05, 3.63) is 53.8 Å². The van der Waals surface area contributed by atoms with Crippen LogP contribution in [0.25, 0.3) is 0 Å². The first-order valence-electron chi connectivity index (χ1n) is 12.8. The first-order valence-corrected chi connectivity index (χ1v) is 14.3. The Bertz CT molecular complexity index is 1270. The van der Waals surface area contributed by atoms with Gasteiger partial charge in [0.25, 0.3) is 10.0 Å². The van der Waals surface area contributed by atoms with Gasteiger partial charge in [-0.1, -0.05) is 6.92 Å². The zero-order chi connectivity index (χ0) is 28.9. The summed E-state index contributed by atoms with van der Waals surface area (Å²) in [7, 11) is -2.35. The molecule has 2 aromatic carbocycles. The summed E-state index contributed by atoms with van der Waals surface area (Å²) in [6, 6.07) is 8.31. The molecular weight excluding hydrogens is 527 g/mol. The van der Waals surface area contributed by atoms with Crippen molar-refractivity contribution in [3.63, 3.8) is 0 Å². The lowest BCUT2D eigenvalue weighted by Gasteiger charge is -2.34. The van der Waals surface area contributed by atoms with Gasteiger partial charge in [0.15, 0.2) is 0 Å². The van der Waals surface area contributed by atoms with E-state index >= 15 is 0 Å². The van der Waals surface area contributed by atoms with Gasteiger partial charge >= 0.3 is 6.03 Å². The molecular formula is C27H37FN4O6S. The number of fused-ring (bicyclic) bond motifs is 1. The average Bonchev–Trinajstić information content (AvgIpc) is 2.91. The molecule has 0 radical (unpaired) electrons. The predicted molar refractivity (Wildman–Crippen MR) is 145 cm³/mol. The quantitative estimate of drug-likeness (QED) is 0.453. The predicted octanol–water partition coefficient (Wildman–Crippen LogP) is 2.83. The van der Waals surface area contributed by atoms with Crippen LogP contribution >= 0.6 is 0 Å². The van der Waals surface area contributed by atoms with Crippen molar-refractivity contribution in [2.24, 2.45) is 5.92 Å². The standard InChI is InChI=1S/C27H37FN4O6S/c1-17(2)29-27(35)31(5)15-25-18(3)14-32(19(4)16-33)26(34)13-20-12-22(8-11-24(20)38-25)30-39(36,37)23-9-6-21(28)7-10-23/h6-12,17-19,25,30,33H,13-16H2,1-5H3,(H,29,35)/t18-,19+,25-/m0/s1. The molecule has 0 unspecified atom stereocenters. The molecule has 0 saturated carbocycles. The lowest BCUT2D eigenvalue weighted by atomic mass is 10.0. The number of amides is 3. The van der Waals surface area contributed by atoms with E-state index in [0.717, 1.165) is 24.3 Å². The Morgan fingerprint density at radius 1 is 1.21 bits per heavy atom. The molecule has 0 aliphatic carbocycles. The Kier molecular flexibility index (Phi) is 9.78. The molecule has 3 N–H and O–H groups in total. The van der Waals surface area contributed by atoms with Crippen molar-refractivity contribution in [1.82, 2.24) is 15.1 Å². The van der Waals surface area contributed by atoms with E-state index in [0.29, 0.717) is 17.9 Å². The second kappa shape index (κ2) is 12.6. The summed E-state index contributed by atoms with van der Waals surface area (Å²) in [6.45, 7) is 7.68. The number of urea groups is 1. The van der Waals surface area contributed by atoms with Crippen molar-refractivity contribution in [3.8, 4) is 5.75 Å². The van der Waals surface area contributed by atoms with Crippen molar-refractivity contribution >= 4 is 27.6 Å². The molecule has 0 aromatic heterocycles. The molecule has 0 fully saturated rings. The van der Waals surface area contributed by atoms with Crippen LogP contribution in [-0.2, 0) is 21.2 Å². The maximum atomic E-state index is 13.3. The molecule has 1 aliphatic heterocycles.